The molecule has 0 aliphatic carbocycles. The third-order valence-electron chi connectivity index (χ3n) is 3.35. The van der Waals surface area contributed by atoms with Crippen molar-refractivity contribution in [1.82, 2.24) is 0 Å². The number of thioether (sulfide) groups is 1. The number of benzene rings is 2. The average Bonchev–Trinajstić information content (AvgIpc) is 2.41. The van der Waals surface area contributed by atoms with Crippen LogP contribution in [0.25, 0.3) is 0 Å². The van der Waals surface area contributed by atoms with Crippen LogP contribution in [0.15, 0.2) is 47.4 Å². The van der Waals surface area contributed by atoms with Gasteiger partial charge in [0.2, 0.25) is 5.91 Å². The van der Waals surface area contributed by atoms with Gasteiger partial charge in [-0.2, -0.15) is 0 Å². The standard InChI is InChI=1S/C16H15NOS/c1-10-7-8-11(2)12(9-10)15-16(18)17-13-5-3-4-6-14(13)19-15/h3-9,15H,1-2H3,(H,17,18). The highest BCUT2D eigenvalue weighted by Gasteiger charge is 2.29. The van der Waals surface area contributed by atoms with Gasteiger partial charge in [0, 0.05) is 4.90 Å². The van der Waals surface area contributed by atoms with Crippen molar-refractivity contribution in [3.8, 4) is 0 Å². The van der Waals surface area contributed by atoms with E-state index < -0.39 is 0 Å². The smallest absolute Gasteiger partial charge is 0.242 e. The molecule has 1 atom stereocenters. The van der Waals surface area contributed by atoms with Gasteiger partial charge in [0.25, 0.3) is 0 Å². The summed E-state index contributed by atoms with van der Waals surface area (Å²) in [6.45, 7) is 4.12. The molecule has 1 aliphatic heterocycles. The number of para-hydroxylation sites is 1. The molecule has 1 unspecified atom stereocenters. The fourth-order valence-electron chi connectivity index (χ4n) is 2.30. The molecule has 3 heteroatoms. The molecule has 96 valence electrons. The molecular formula is C16H15NOS. The predicted octanol–water partition coefficient (Wildman–Crippen LogP) is 4.09. The largest absolute Gasteiger partial charge is 0.324 e. The first-order chi connectivity index (χ1) is 9.15. The summed E-state index contributed by atoms with van der Waals surface area (Å²) in [5, 5.41) is 2.84. The molecule has 2 nitrogen and oxygen atoms in total. The lowest BCUT2D eigenvalue weighted by Gasteiger charge is -2.25. The van der Waals surface area contributed by atoms with Gasteiger partial charge in [0.1, 0.15) is 5.25 Å². The van der Waals surface area contributed by atoms with Crippen LogP contribution in [0.5, 0.6) is 0 Å². The van der Waals surface area contributed by atoms with Crippen LogP contribution in [0.4, 0.5) is 5.69 Å². The molecule has 19 heavy (non-hydrogen) atoms. The number of fused-ring (bicyclic) bond motifs is 1. The monoisotopic (exact) mass is 269 g/mol. The second-order valence-electron chi connectivity index (χ2n) is 4.84. The molecule has 2 aromatic carbocycles. The fourth-order valence-corrected chi connectivity index (χ4v) is 3.50. The summed E-state index contributed by atoms with van der Waals surface area (Å²) < 4.78 is 0. The molecule has 0 saturated carbocycles. The molecule has 0 spiro atoms. The molecular weight excluding hydrogens is 254 g/mol. The average molecular weight is 269 g/mol. The molecule has 0 fully saturated rings. The highest BCUT2D eigenvalue weighted by Crippen LogP contribution is 2.44. The van der Waals surface area contributed by atoms with Gasteiger partial charge >= 0.3 is 0 Å². The predicted molar refractivity (Wildman–Crippen MR) is 79.6 cm³/mol. The number of carbonyl (C=O) groups is 1. The minimum absolute atomic E-state index is 0.0670. The Morgan fingerprint density at radius 3 is 2.74 bits per heavy atom. The van der Waals surface area contributed by atoms with Crippen molar-refractivity contribution in [3.63, 3.8) is 0 Å². The van der Waals surface area contributed by atoms with E-state index in [0.29, 0.717) is 0 Å². The third kappa shape index (κ3) is 2.26. The van der Waals surface area contributed by atoms with E-state index in [2.05, 4.69) is 43.4 Å². The Bertz CT molecular complexity index is 651. The van der Waals surface area contributed by atoms with Gasteiger partial charge in [-0.15, -0.1) is 11.8 Å². The van der Waals surface area contributed by atoms with Gasteiger partial charge in [0.05, 0.1) is 5.69 Å². The Morgan fingerprint density at radius 1 is 1.11 bits per heavy atom. The highest BCUT2D eigenvalue weighted by molar-refractivity contribution is 8.00. The van der Waals surface area contributed by atoms with E-state index in [-0.39, 0.29) is 11.2 Å². The number of hydrogen-bond donors (Lipinski definition) is 1. The summed E-state index contributed by atoms with van der Waals surface area (Å²) in [5.41, 5.74) is 4.38. The van der Waals surface area contributed by atoms with Crippen molar-refractivity contribution in [2.24, 2.45) is 0 Å². The van der Waals surface area contributed by atoms with Crippen LogP contribution >= 0.6 is 11.8 Å². The van der Waals surface area contributed by atoms with E-state index in [1.807, 2.05) is 18.2 Å². The van der Waals surface area contributed by atoms with Crippen molar-refractivity contribution in [2.75, 3.05) is 5.32 Å². The zero-order valence-electron chi connectivity index (χ0n) is 10.9. The lowest BCUT2D eigenvalue weighted by atomic mass is 10.0. The summed E-state index contributed by atoms with van der Waals surface area (Å²) >= 11 is 1.63. The molecule has 0 aromatic heterocycles. The zero-order chi connectivity index (χ0) is 13.4. The Balaban J connectivity index is 2.03. The molecule has 0 bridgehead atoms. The van der Waals surface area contributed by atoms with Gasteiger partial charge in [0.15, 0.2) is 0 Å². The van der Waals surface area contributed by atoms with Crippen LogP contribution in [0, 0.1) is 13.8 Å². The maximum atomic E-state index is 12.3. The van der Waals surface area contributed by atoms with Crippen molar-refractivity contribution in [3.05, 3.63) is 59.2 Å². The molecule has 3 rings (SSSR count). The number of hydrogen-bond acceptors (Lipinski definition) is 2. The topological polar surface area (TPSA) is 29.1 Å². The molecule has 1 heterocycles. The SMILES string of the molecule is Cc1ccc(C)c(C2Sc3ccccc3NC2=O)c1. The Hall–Kier alpha value is -1.74. The van der Waals surface area contributed by atoms with Crippen molar-refractivity contribution in [1.29, 1.82) is 0 Å². The van der Waals surface area contributed by atoms with Gasteiger partial charge in [-0.3, -0.25) is 4.79 Å². The van der Waals surface area contributed by atoms with Gasteiger partial charge < -0.3 is 5.32 Å². The first-order valence-electron chi connectivity index (χ1n) is 6.29. The van der Waals surface area contributed by atoms with Crippen LogP contribution in [0.2, 0.25) is 0 Å². The van der Waals surface area contributed by atoms with E-state index in [9.17, 15) is 4.79 Å². The van der Waals surface area contributed by atoms with Gasteiger partial charge in [-0.1, -0.05) is 35.9 Å². The van der Waals surface area contributed by atoms with Crippen LogP contribution in [-0.4, -0.2) is 5.91 Å². The fraction of sp³-hybridized carbons (Fsp3) is 0.188. The summed E-state index contributed by atoms with van der Waals surface area (Å²) in [7, 11) is 0. The van der Waals surface area contributed by atoms with Crippen LogP contribution in [0.1, 0.15) is 21.9 Å². The van der Waals surface area contributed by atoms with E-state index in [0.717, 1.165) is 21.7 Å². The number of anilines is 1. The van der Waals surface area contributed by atoms with E-state index >= 15 is 0 Å². The second-order valence-corrected chi connectivity index (χ2v) is 5.99. The minimum atomic E-state index is -0.158. The molecule has 0 radical (unpaired) electrons. The normalized spacial score (nSPS) is 17.8. The maximum absolute atomic E-state index is 12.3. The number of rotatable bonds is 1. The van der Waals surface area contributed by atoms with E-state index in [4.69, 9.17) is 0 Å². The first-order valence-corrected chi connectivity index (χ1v) is 7.17. The zero-order valence-corrected chi connectivity index (χ0v) is 11.8. The lowest BCUT2D eigenvalue weighted by molar-refractivity contribution is -0.115. The van der Waals surface area contributed by atoms with Crippen molar-refractivity contribution in [2.45, 2.75) is 24.0 Å². The Labute approximate surface area is 117 Å². The molecule has 2 aromatic rings. The van der Waals surface area contributed by atoms with Gasteiger partial charge in [-0.05, 0) is 37.1 Å². The van der Waals surface area contributed by atoms with Crippen molar-refractivity contribution >= 4 is 23.4 Å². The summed E-state index contributed by atoms with van der Waals surface area (Å²) in [6.07, 6.45) is 0. The number of aryl methyl sites for hydroxylation is 2. The summed E-state index contributed by atoms with van der Waals surface area (Å²) in [4.78, 5) is 13.4. The molecule has 1 aliphatic rings. The van der Waals surface area contributed by atoms with Crippen LogP contribution in [0.3, 0.4) is 0 Å². The summed E-state index contributed by atoms with van der Waals surface area (Å²) in [6, 6.07) is 14.2. The Morgan fingerprint density at radius 2 is 1.89 bits per heavy atom. The van der Waals surface area contributed by atoms with Crippen molar-refractivity contribution < 1.29 is 4.79 Å². The Kier molecular flexibility index (Phi) is 3.07. The number of carbonyl (C=O) groups excluding carboxylic acids is 1. The minimum Gasteiger partial charge on any atom is -0.324 e. The summed E-state index contributed by atoms with van der Waals surface area (Å²) in [5.74, 6) is 0.0670. The molecule has 0 saturated heterocycles. The first kappa shape index (κ1) is 12.3. The second kappa shape index (κ2) is 4.74. The number of amides is 1. The van der Waals surface area contributed by atoms with E-state index in [1.54, 1.807) is 11.8 Å². The van der Waals surface area contributed by atoms with Gasteiger partial charge in [-0.25, -0.2) is 0 Å². The molecule has 1 amide bonds. The van der Waals surface area contributed by atoms with E-state index in [1.165, 1.54) is 5.56 Å². The van der Waals surface area contributed by atoms with Crippen LogP contribution < -0.4 is 5.32 Å². The maximum Gasteiger partial charge on any atom is 0.242 e. The van der Waals surface area contributed by atoms with Crippen LogP contribution in [-0.2, 0) is 4.79 Å². The highest BCUT2D eigenvalue weighted by atomic mass is 32.2. The quantitative estimate of drug-likeness (QED) is 0.845. The lowest BCUT2D eigenvalue weighted by Crippen LogP contribution is -2.23. The third-order valence-corrected chi connectivity index (χ3v) is 4.66. The number of nitrogens with one attached hydrogen (secondary N) is 1. The molecule has 1 N–H and O–H groups in total.